The molecule has 2 heterocycles. The molecule has 134 valence electrons. The Hall–Kier alpha value is -1.88. The summed E-state index contributed by atoms with van der Waals surface area (Å²) in [6.45, 7) is 5.05. The highest BCUT2D eigenvalue weighted by Gasteiger charge is 2.35. The maximum Gasteiger partial charge on any atom is 0.254 e. The van der Waals surface area contributed by atoms with Crippen LogP contribution in [0.5, 0.6) is 0 Å². The monoisotopic (exact) mass is 341 g/mol. The zero-order chi connectivity index (χ0) is 17.4. The van der Waals surface area contributed by atoms with Gasteiger partial charge in [-0.05, 0) is 57.4 Å². The summed E-state index contributed by atoms with van der Waals surface area (Å²) >= 11 is 0. The molecule has 0 bridgehead atoms. The number of piperazine rings is 1. The van der Waals surface area contributed by atoms with Crippen LogP contribution in [-0.4, -0.2) is 59.4 Å². The van der Waals surface area contributed by atoms with E-state index >= 15 is 0 Å². The molecule has 3 fully saturated rings. The van der Waals surface area contributed by atoms with Crippen LogP contribution in [0.15, 0.2) is 24.3 Å². The van der Waals surface area contributed by atoms with Gasteiger partial charge in [0.1, 0.15) is 0 Å². The van der Waals surface area contributed by atoms with Gasteiger partial charge in [0.25, 0.3) is 11.8 Å². The molecule has 1 saturated carbocycles. The van der Waals surface area contributed by atoms with Gasteiger partial charge in [-0.3, -0.25) is 14.5 Å². The molecule has 1 aliphatic carbocycles. The number of nitrogens with zero attached hydrogens (tertiary/aromatic N) is 2. The maximum atomic E-state index is 13.1. The molecule has 2 saturated heterocycles. The van der Waals surface area contributed by atoms with Crippen molar-refractivity contribution in [1.82, 2.24) is 15.1 Å². The maximum absolute atomic E-state index is 13.1. The van der Waals surface area contributed by atoms with Gasteiger partial charge in [0.15, 0.2) is 0 Å². The minimum Gasteiger partial charge on any atom is -0.349 e. The number of fused-ring (bicyclic) bond motifs is 1. The fourth-order valence-corrected chi connectivity index (χ4v) is 4.09. The standard InChI is InChI=1S/C20H27N3O2/c1-14-12-22-10-3-2-7-18(22)13-23(14)20(25)16-6-4-5-15(11-16)19(24)21-17-8-9-17/h4-6,11,14,17-18H,2-3,7-10,12-13H2,1H3,(H,21,24). The number of rotatable bonds is 3. The molecule has 2 unspecified atom stereocenters. The highest BCUT2D eigenvalue weighted by Crippen LogP contribution is 2.25. The third-order valence-electron chi connectivity index (χ3n) is 5.73. The van der Waals surface area contributed by atoms with E-state index in [9.17, 15) is 9.59 Å². The van der Waals surface area contributed by atoms with E-state index < -0.39 is 0 Å². The van der Waals surface area contributed by atoms with E-state index in [-0.39, 0.29) is 17.9 Å². The Morgan fingerprint density at radius 2 is 1.88 bits per heavy atom. The summed E-state index contributed by atoms with van der Waals surface area (Å²) in [7, 11) is 0. The van der Waals surface area contributed by atoms with Crippen LogP contribution in [0, 0.1) is 0 Å². The Morgan fingerprint density at radius 1 is 1.08 bits per heavy atom. The lowest BCUT2D eigenvalue weighted by molar-refractivity contribution is 0.0151. The van der Waals surface area contributed by atoms with Crippen molar-refractivity contribution in [2.24, 2.45) is 0 Å². The molecule has 0 radical (unpaired) electrons. The van der Waals surface area contributed by atoms with Crippen molar-refractivity contribution in [3.8, 4) is 0 Å². The van der Waals surface area contributed by atoms with Crippen LogP contribution < -0.4 is 5.32 Å². The lowest BCUT2D eigenvalue weighted by atomic mass is 9.96. The molecule has 4 rings (SSSR count). The van der Waals surface area contributed by atoms with Crippen molar-refractivity contribution >= 4 is 11.8 Å². The molecule has 0 aromatic heterocycles. The van der Waals surface area contributed by atoms with Crippen LogP contribution in [0.1, 0.15) is 59.7 Å². The molecule has 2 aliphatic heterocycles. The lowest BCUT2D eigenvalue weighted by Crippen LogP contribution is -2.60. The number of benzene rings is 1. The Morgan fingerprint density at radius 3 is 2.68 bits per heavy atom. The summed E-state index contributed by atoms with van der Waals surface area (Å²) in [5.41, 5.74) is 1.21. The second kappa shape index (κ2) is 6.79. The van der Waals surface area contributed by atoms with Crippen molar-refractivity contribution in [3.63, 3.8) is 0 Å². The molecule has 2 amide bonds. The van der Waals surface area contributed by atoms with Crippen LogP contribution in [0.4, 0.5) is 0 Å². The minimum absolute atomic E-state index is 0.0544. The number of carbonyl (C=O) groups is 2. The number of hydrogen-bond acceptors (Lipinski definition) is 3. The van der Waals surface area contributed by atoms with E-state index in [2.05, 4.69) is 17.1 Å². The first-order chi connectivity index (χ1) is 12.1. The molecule has 0 spiro atoms. The largest absolute Gasteiger partial charge is 0.349 e. The van der Waals surface area contributed by atoms with Gasteiger partial charge in [0.05, 0.1) is 0 Å². The van der Waals surface area contributed by atoms with E-state index in [4.69, 9.17) is 0 Å². The first kappa shape index (κ1) is 16.6. The van der Waals surface area contributed by atoms with Crippen molar-refractivity contribution in [2.45, 2.75) is 57.2 Å². The number of hydrogen-bond donors (Lipinski definition) is 1. The van der Waals surface area contributed by atoms with Gasteiger partial charge in [-0.2, -0.15) is 0 Å². The van der Waals surface area contributed by atoms with E-state index in [1.54, 1.807) is 12.1 Å². The highest BCUT2D eigenvalue weighted by atomic mass is 16.2. The SMILES string of the molecule is CC1CN2CCCCC2CN1C(=O)c1cccc(C(=O)NC2CC2)c1. The normalized spacial score (nSPS) is 26.8. The summed E-state index contributed by atoms with van der Waals surface area (Å²) in [5.74, 6) is -0.0129. The molecule has 1 aromatic carbocycles. The fourth-order valence-electron chi connectivity index (χ4n) is 4.09. The van der Waals surface area contributed by atoms with Crippen molar-refractivity contribution in [3.05, 3.63) is 35.4 Å². The highest BCUT2D eigenvalue weighted by molar-refractivity contribution is 6.00. The molecule has 1 aromatic rings. The minimum atomic E-state index is -0.0673. The molecule has 1 N–H and O–H groups in total. The number of amides is 2. The van der Waals surface area contributed by atoms with E-state index in [0.29, 0.717) is 23.2 Å². The van der Waals surface area contributed by atoms with Gasteiger partial charge < -0.3 is 10.2 Å². The number of carbonyl (C=O) groups excluding carboxylic acids is 2. The fraction of sp³-hybridized carbons (Fsp3) is 0.600. The average Bonchev–Trinajstić information content (AvgIpc) is 3.44. The average molecular weight is 341 g/mol. The first-order valence-electron chi connectivity index (χ1n) is 9.58. The lowest BCUT2D eigenvalue weighted by Gasteiger charge is -2.47. The topological polar surface area (TPSA) is 52.7 Å². The third-order valence-corrected chi connectivity index (χ3v) is 5.73. The molecular weight excluding hydrogens is 314 g/mol. The van der Waals surface area contributed by atoms with Gasteiger partial charge in [0, 0.05) is 42.3 Å². The quantitative estimate of drug-likeness (QED) is 0.918. The first-order valence-corrected chi connectivity index (χ1v) is 9.58. The molecule has 5 heteroatoms. The second-order valence-electron chi connectivity index (χ2n) is 7.78. The smallest absolute Gasteiger partial charge is 0.254 e. The Kier molecular flexibility index (Phi) is 4.50. The Balaban J connectivity index is 1.48. The zero-order valence-corrected chi connectivity index (χ0v) is 14.9. The van der Waals surface area contributed by atoms with Gasteiger partial charge >= 0.3 is 0 Å². The predicted molar refractivity (Wildman–Crippen MR) is 96.6 cm³/mol. The van der Waals surface area contributed by atoms with Crippen LogP contribution in [0.3, 0.4) is 0 Å². The molecular formula is C20H27N3O2. The van der Waals surface area contributed by atoms with Crippen molar-refractivity contribution in [2.75, 3.05) is 19.6 Å². The van der Waals surface area contributed by atoms with Crippen LogP contribution in [0.2, 0.25) is 0 Å². The summed E-state index contributed by atoms with van der Waals surface area (Å²) < 4.78 is 0. The molecule has 3 aliphatic rings. The van der Waals surface area contributed by atoms with Gasteiger partial charge in [-0.25, -0.2) is 0 Å². The Bertz CT molecular complexity index is 671. The van der Waals surface area contributed by atoms with Gasteiger partial charge in [-0.15, -0.1) is 0 Å². The third kappa shape index (κ3) is 3.56. The van der Waals surface area contributed by atoms with Crippen LogP contribution in [-0.2, 0) is 0 Å². The van der Waals surface area contributed by atoms with E-state index in [1.165, 1.54) is 19.3 Å². The molecule has 2 atom stereocenters. The summed E-state index contributed by atoms with van der Waals surface area (Å²) in [5, 5.41) is 2.99. The van der Waals surface area contributed by atoms with Crippen molar-refractivity contribution < 1.29 is 9.59 Å². The number of piperidine rings is 1. The van der Waals surface area contributed by atoms with Gasteiger partial charge in [-0.1, -0.05) is 12.5 Å². The van der Waals surface area contributed by atoms with Crippen LogP contribution in [0.25, 0.3) is 0 Å². The molecule has 5 nitrogen and oxygen atoms in total. The van der Waals surface area contributed by atoms with E-state index in [0.717, 1.165) is 32.5 Å². The number of nitrogens with one attached hydrogen (secondary N) is 1. The van der Waals surface area contributed by atoms with E-state index in [1.807, 2.05) is 17.0 Å². The van der Waals surface area contributed by atoms with Crippen molar-refractivity contribution in [1.29, 1.82) is 0 Å². The summed E-state index contributed by atoms with van der Waals surface area (Å²) in [6.07, 6.45) is 5.84. The zero-order valence-electron chi connectivity index (χ0n) is 14.9. The summed E-state index contributed by atoms with van der Waals surface area (Å²) in [4.78, 5) is 29.9. The van der Waals surface area contributed by atoms with Crippen LogP contribution >= 0.6 is 0 Å². The van der Waals surface area contributed by atoms with Gasteiger partial charge in [0.2, 0.25) is 0 Å². The second-order valence-corrected chi connectivity index (χ2v) is 7.78. The summed E-state index contributed by atoms with van der Waals surface area (Å²) in [6, 6.07) is 8.22. The predicted octanol–water partition coefficient (Wildman–Crippen LogP) is 2.28. The Labute approximate surface area is 149 Å². The molecule has 25 heavy (non-hydrogen) atoms.